The molecule has 6 heteroatoms. The molecule has 2 aromatic rings. The second-order valence-electron chi connectivity index (χ2n) is 11.1. The average Bonchev–Trinajstić information content (AvgIpc) is 2.91. The monoisotopic (exact) mass is 534 g/mol. The van der Waals surface area contributed by atoms with Crippen molar-refractivity contribution in [2.75, 3.05) is 0 Å². The minimum Gasteiger partial charge on any atom is -0.313 e. The van der Waals surface area contributed by atoms with Crippen molar-refractivity contribution in [3.05, 3.63) is 82.9 Å². The number of hydrogen-bond acceptors (Lipinski definition) is 1. The highest BCUT2D eigenvalue weighted by molar-refractivity contribution is 5.28. The molecule has 4 rings (SSSR count). The van der Waals surface area contributed by atoms with Gasteiger partial charge in [0.2, 0.25) is 0 Å². The largest absolute Gasteiger partial charge is 0.416 e. The van der Waals surface area contributed by atoms with E-state index in [0.29, 0.717) is 30.6 Å². The third-order valence-electron chi connectivity index (χ3n) is 8.28. The molecule has 0 saturated heterocycles. The lowest BCUT2D eigenvalue weighted by molar-refractivity contribution is -0.277. The van der Waals surface area contributed by atoms with Crippen LogP contribution in [-0.4, -0.2) is 6.10 Å². The number of ether oxygens (including phenoxy) is 1. The smallest absolute Gasteiger partial charge is 0.313 e. The number of aryl methyl sites for hydroxylation is 1. The predicted molar refractivity (Wildman–Crippen MR) is 141 cm³/mol. The van der Waals surface area contributed by atoms with Crippen molar-refractivity contribution in [3.63, 3.8) is 0 Å². The maximum Gasteiger partial charge on any atom is 0.416 e. The molecular weight excluding hydrogens is 495 g/mol. The van der Waals surface area contributed by atoms with Crippen LogP contribution < -0.4 is 0 Å². The summed E-state index contributed by atoms with van der Waals surface area (Å²) in [7, 11) is 0. The molecule has 2 aliphatic rings. The minimum absolute atomic E-state index is 0.0772. The number of alkyl halides is 5. The van der Waals surface area contributed by atoms with E-state index in [1.165, 1.54) is 24.3 Å². The Morgan fingerprint density at radius 2 is 1.24 bits per heavy atom. The molecule has 2 saturated carbocycles. The van der Waals surface area contributed by atoms with Gasteiger partial charge in [-0.1, -0.05) is 61.9 Å². The summed E-state index contributed by atoms with van der Waals surface area (Å²) in [6.45, 7) is 2.11. The first-order chi connectivity index (χ1) is 18.1. The van der Waals surface area contributed by atoms with E-state index in [-0.39, 0.29) is 5.56 Å². The van der Waals surface area contributed by atoms with E-state index in [9.17, 15) is 22.0 Å². The highest BCUT2D eigenvalue weighted by atomic mass is 19.4. The number of halogens is 5. The molecule has 0 unspecified atom stereocenters. The molecule has 0 atom stereocenters. The van der Waals surface area contributed by atoms with Gasteiger partial charge in [-0.2, -0.15) is 22.0 Å². The molecule has 1 nitrogen and oxygen atoms in total. The lowest BCUT2D eigenvalue weighted by Crippen LogP contribution is -2.29. The summed E-state index contributed by atoms with van der Waals surface area (Å²) in [6, 6.07) is 12.1. The first-order valence-electron chi connectivity index (χ1n) is 14.1. The minimum atomic E-state index is -4.30. The molecule has 0 bridgehead atoms. The van der Waals surface area contributed by atoms with E-state index in [2.05, 4.69) is 19.1 Å². The van der Waals surface area contributed by atoms with Gasteiger partial charge in [0.15, 0.2) is 0 Å². The summed E-state index contributed by atoms with van der Waals surface area (Å²) in [4.78, 5) is 0. The van der Waals surface area contributed by atoms with Crippen LogP contribution in [-0.2, 0) is 23.4 Å². The normalized spacial score (nSPS) is 25.1. The van der Waals surface area contributed by atoms with Crippen molar-refractivity contribution >= 4 is 0 Å². The summed E-state index contributed by atoms with van der Waals surface area (Å²) in [6.07, 6.45) is 6.46. The lowest BCUT2D eigenvalue weighted by atomic mass is 9.77. The average molecular weight is 535 g/mol. The second-order valence-corrected chi connectivity index (χ2v) is 11.1. The Labute approximate surface area is 223 Å². The molecule has 208 valence electrons. The first kappa shape index (κ1) is 28.8. The summed E-state index contributed by atoms with van der Waals surface area (Å²) in [5.41, 5.74) is 1.39. The third-order valence-corrected chi connectivity index (χ3v) is 8.28. The number of benzene rings is 2. The predicted octanol–water partition coefficient (Wildman–Crippen LogP) is 10.2. The van der Waals surface area contributed by atoms with Crippen LogP contribution in [0.15, 0.2) is 60.7 Å². The van der Waals surface area contributed by atoms with Crippen LogP contribution in [0.2, 0.25) is 0 Å². The van der Waals surface area contributed by atoms with Gasteiger partial charge in [0.1, 0.15) is 0 Å². The topological polar surface area (TPSA) is 9.23 Å². The van der Waals surface area contributed by atoms with Gasteiger partial charge in [0.05, 0.1) is 17.2 Å². The summed E-state index contributed by atoms with van der Waals surface area (Å²) in [5.74, 6) is 1.16. The van der Waals surface area contributed by atoms with Crippen molar-refractivity contribution < 1.29 is 26.7 Å². The van der Waals surface area contributed by atoms with Crippen LogP contribution in [0, 0.1) is 11.8 Å². The number of unbranched alkanes of at least 4 members (excludes halogenated alkanes) is 1. The van der Waals surface area contributed by atoms with Gasteiger partial charge in [-0.05, 0) is 105 Å². The van der Waals surface area contributed by atoms with Gasteiger partial charge in [0, 0.05) is 0 Å². The standard InChI is InChI=1S/C32H39F5O/c1-2-3-4-23-9-17-29(18-10-23)32(36,37)38-30-21-11-25(12-22-30)6-5-24-7-13-26(14-8-24)27-15-19-28(20-16-27)31(33,34)35/h5-6,9-10,15-20,24-26,30H,2-4,7-8,11-14,21-22H2,1H3/b6-5+. The molecule has 0 aliphatic heterocycles. The van der Waals surface area contributed by atoms with Gasteiger partial charge < -0.3 is 4.74 Å². The van der Waals surface area contributed by atoms with E-state index < -0.39 is 24.0 Å². The van der Waals surface area contributed by atoms with Crippen LogP contribution in [0.4, 0.5) is 22.0 Å². The van der Waals surface area contributed by atoms with Crippen molar-refractivity contribution in [2.45, 2.75) is 102 Å². The number of hydrogen-bond donors (Lipinski definition) is 0. The van der Waals surface area contributed by atoms with Gasteiger partial charge in [0.25, 0.3) is 0 Å². The zero-order valence-corrected chi connectivity index (χ0v) is 22.2. The highest BCUT2D eigenvalue weighted by Gasteiger charge is 2.37. The van der Waals surface area contributed by atoms with Crippen LogP contribution >= 0.6 is 0 Å². The molecule has 2 aliphatic carbocycles. The van der Waals surface area contributed by atoms with Crippen molar-refractivity contribution in [1.82, 2.24) is 0 Å². The van der Waals surface area contributed by atoms with E-state index in [1.807, 2.05) is 0 Å². The SMILES string of the molecule is CCCCc1ccc(C(F)(F)OC2CCC(/C=C/C3CCC(c4ccc(C(F)(F)F)cc4)CC3)CC2)cc1. The van der Waals surface area contributed by atoms with Gasteiger partial charge in [-0.15, -0.1) is 0 Å². The van der Waals surface area contributed by atoms with Crippen LogP contribution in [0.3, 0.4) is 0 Å². The van der Waals surface area contributed by atoms with E-state index in [4.69, 9.17) is 4.74 Å². The lowest BCUT2D eigenvalue weighted by Gasteiger charge is -2.31. The van der Waals surface area contributed by atoms with E-state index in [0.717, 1.165) is 68.9 Å². The summed E-state index contributed by atoms with van der Waals surface area (Å²) < 4.78 is 73.2. The Bertz CT molecular complexity index is 1010. The molecular formula is C32H39F5O. The van der Waals surface area contributed by atoms with E-state index in [1.54, 1.807) is 24.3 Å². The molecule has 0 aromatic heterocycles. The van der Waals surface area contributed by atoms with Gasteiger partial charge >= 0.3 is 12.3 Å². The fourth-order valence-electron chi connectivity index (χ4n) is 5.83. The van der Waals surface area contributed by atoms with Crippen LogP contribution in [0.25, 0.3) is 0 Å². The zero-order valence-electron chi connectivity index (χ0n) is 22.2. The Morgan fingerprint density at radius 1 is 0.711 bits per heavy atom. The summed E-state index contributed by atoms with van der Waals surface area (Å²) >= 11 is 0. The number of rotatable bonds is 9. The fraction of sp³-hybridized carbons (Fsp3) is 0.562. The Morgan fingerprint density at radius 3 is 1.76 bits per heavy atom. The Balaban J connectivity index is 1.19. The quantitative estimate of drug-likeness (QED) is 0.230. The van der Waals surface area contributed by atoms with Crippen LogP contribution in [0.5, 0.6) is 0 Å². The van der Waals surface area contributed by atoms with Crippen molar-refractivity contribution in [1.29, 1.82) is 0 Å². The summed E-state index contributed by atoms with van der Waals surface area (Å²) in [5, 5.41) is 0. The van der Waals surface area contributed by atoms with E-state index >= 15 is 0 Å². The molecule has 0 N–H and O–H groups in total. The third kappa shape index (κ3) is 7.91. The molecule has 38 heavy (non-hydrogen) atoms. The zero-order chi connectivity index (χ0) is 27.2. The molecule has 0 spiro atoms. The van der Waals surface area contributed by atoms with Crippen molar-refractivity contribution in [3.8, 4) is 0 Å². The molecule has 0 amide bonds. The molecule has 2 aromatic carbocycles. The first-order valence-corrected chi connectivity index (χ1v) is 14.1. The second kappa shape index (κ2) is 12.8. The maximum absolute atomic E-state index is 14.8. The highest BCUT2D eigenvalue weighted by Crippen LogP contribution is 2.39. The molecule has 0 radical (unpaired) electrons. The molecule has 2 fully saturated rings. The van der Waals surface area contributed by atoms with Gasteiger partial charge in [-0.3, -0.25) is 0 Å². The number of allylic oxidation sites excluding steroid dienone is 2. The van der Waals surface area contributed by atoms with Gasteiger partial charge in [-0.25, -0.2) is 0 Å². The van der Waals surface area contributed by atoms with Crippen LogP contribution in [0.1, 0.15) is 99.3 Å². The fourth-order valence-corrected chi connectivity index (χ4v) is 5.83. The van der Waals surface area contributed by atoms with Crippen molar-refractivity contribution in [2.24, 2.45) is 11.8 Å². The maximum atomic E-state index is 14.8. The Hall–Kier alpha value is -2.21. The Kier molecular flexibility index (Phi) is 9.67. The molecule has 0 heterocycles.